The first-order valence-corrected chi connectivity index (χ1v) is 7.90. The van der Waals surface area contributed by atoms with E-state index in [-0.39, 0.29) is 0 Å². The lowest BCUT2D eigenvalue weighted by molar-refractivity contribution is 0.394. The molecule has 0 aliphatic carbocycles. The van der Waals surface area contributed by atoms with Crippen LogP contribution in [-0.4, -0.2) is 25.5 Å². The summed E-state index contributed by atoms with van der Waals surface area (Å²) in [5, 5.41) is 8.22. The third kappa shape index (κ3) is 4.84. The van der Waals surface area contributed by atoms with Gasteiger partial charge in [-0.05, 0) is 49.0 Å². The molecule has 2 aromatic carbocycles. The topological polar surface area (TPSA) is 54.9 Å². The highest BCUT2D eigenvalue weighted by molar-refractivity contribution is 7.80. The molecule has 0 aromatic heterocycles. The fourth-order valence-corrected chi connectivity index (χ4v) is 2.30. The first-order chi connectivity index (χ1) is 11.5. The van der Waals surface area contributed by atoms with Crippen molar-refractivity contribution in [1.29, 1.82) is 0 Å². The molecule has 0 spiro atoms. The van der Waals surface area contributed by atoms with Crippen LogP contribution in [0.2, 0.25) is 5.02 Å². The van der Waals surface area contributed by atoms with Crippen LogP contribution < -0.4 is 20.2 Å². The molecule has 0 saturated heterocycles. The maximum absolute atomic E-state index is 6.08. The quantitative estimate of drug-likeness (QED) is 0.478. The molecule has 5 nitrogen and oxygen atoms in total. The number of anilines is 1. The van der Waals surface area contributed by atoms with Gasteiger partial charge in [0.1, 0.15) is 11.5 Å². The van der Waals surface area contributed by atoms with Crippen LogP contribution in [0.5, 0.6) is 11.5 Å². The predicted octanol–water partition coefficient (Wildman–Crippen LogP) is 3.99. The van der Waals surface area contributed by atoms with Crippen LogP contribution in [0.3, 0.4) is 0 Å². The van der Waals surface area contributed by atoms with Gasteiger partial charge in [0.2, 0.25) is 0 Å². The summed E-state index contributed by atoms with van der Waals surface area (Å²) in [6, 6.07) is 11.0. The molecule has 0 aliphatic rings. The Morgan fingerprint density at radius 3 is 2.46 bits per heavy atom. The van der Waals surface area contributed by atoms with Crippen molar-refractivity contribution < 1.29 is 9.47 Å². The molecule has 126 valence electrons. The summed E-state index contributed by atoms with van der Waals surface area (Å²) in [6.07, 6.45) is 1.63. The highest BCUT2D eigenvalue weighted by atomic mass is 35.5. The van der Waals surface area contributed by atoms with Gasteiger partial charge in [0, 0.05) is 22.3 Å². The van der Waals surface area contributed by atoms with Crippen molar-refractivity contribution in [2.45, 2.75) is 6.92 Å². The Morgan fingerprint density at radius 2 is 1.83 bits per heavy atom. The number of nitrogens with zero attached hydrogens (tertiary/aromatic N) is 1. The van der Waals surface area contributed by atoms with E-state index < -0.39 is 0 Å². The number of hydrogen-bond donors (Lipinski definition) is 2. The number of methoxy groups -OCH3 is 2. The molecule has 0 amide bonds. The van der Waals surface area contributed by atoms with Crippen molar-refractivity contribution in [3.8, 4) is 11.5 Å². The second-order valence-electron chi connectivity index (χ2n) is 4.88. The Balaban J connectivity index is 2.01. The minimum absolute atomic E-state index is 0.367. The molecular formula is C17H18ClN3O2S. The van der Waals surface area contributed by atoms with E-state index in [1.165, 1.54) is 0 Å². The summed E-state index contributed by atoms with van der Waals surface area (Å²) in [4.78, 5) is 0. The summed E-state index contributed by atoms with van der Waals surface area (Å²) in [6.45, 7) is 1.92. The van der Waals surface area contributed by atoms with Gasteiger partial charge >= 0.3 is 0 Å². The van der Waals surface area contributed by atoms with Crippen molar-refractivity contribution in [2.75, 3.05) is 19.5 Å². The summed E-state index contributed by atoms with van der Waals surface area (Å²) in [5.41, 5.74) is 5.34. The smallest absolute Gasteiger partial charge is 0.191 e. The van der Waals surface area contributed by atoms with Gasteiger partial charge in [0.05, 0.1) is 20.4 Å². The number of rotatable bonds is 5. The summed E-state index contributed by atoms with van der Waals surface area (Å²) in [7, 11) is 3.20. The van der Waals surface area contributed by atoms with Crippen LogP contribution in [0.1, 0.15) is 11.1 Å². The van der Waals surface area contributed by atoms with Crippen LogP contribution >= 0.6 is 23.8 Å². The Kier molecular flexibility index (Phi) is 6.40. The lowest BCUT2D eigenvalue weighted by Gasteiger charge is -2.10. The molecule has 0 fully saturated rings. The molecule has 0 unspecified atom stereocenters. The molecule has 2 aromatic rings. The molecule has 2 rings (SSSR count). The Labute approximate surface area is 151 Å². The zero-order valence-corrected chi connectivity index (χ0v) is 15.2. The predicted molar refractivity (Wildman–Crippen MR) is 103 cm³/mol. The van der Waals surface area contributed by atoms with Crippen molar-refractivity contribution in [1.82, 2.24) is 5.43 Å². The maximum atomic E-state index is 6.08. The number of hydrazone groups is 1. The van der Waals surface area contributed by atoms with E-state index in [2.05, 4.69) is 15.8 Å². The van der Waals surface area contributed by atoms with Crippen LogP contribution in [0.4, 0.5) is 5.69 Å². The average molecular weight is 364 g/mol. The molecule has 0 aliphatic heterocycles. The third-order valence-electron chi connectivity index (χ3n) is 3.27. The number of hydrogen-bond acceptors (Lipinski definition) is 4. The van der Waals surface area contributed by atoms with Crippen LogP contribution in [0, 0.1) is 6.92 Å². The van der Waals surface area contributed by atoms with Crippen molar-refractivity contribution in [3.63, 3.8) is 0 Å². The fourth-order valence-electron chi connectivity index (χ4n) is 1.96. The van der Waals surface area contributed by atoms with E-state index in [1.54, 1.807) is 26.5 Å². The van der Waals surface area contributed by atoms with Gasteiger partial charge in [0.25, 0.3) is 0 Å². The van der Waals surface area contributed by atoms with Crippen molar-refractivity contribution >= 4 is 40.8 Å². The molecule has 0 bridgehead atoms. The van der Waals surface area contributed by atoms with E-state index in [9.17, 15) is 0 Å². The van der Waals surface area contributed by atoms with Crippen LogP contribution in [-0.2, 0) is 0 Å². The summed E-state index contributed by atoms with van der Waals surface area (Å²) < 4.78 is 10.4. The first kappa shape index (κ1) is 18.0. The zero-order valence-electron chi connectivity index (χ0n) is 13.6. The molecule has 0 radical (unpaired) electrons. The Morgan fingerprint density at radius 1 is 1.17 bits per heavy atom. The Bertz CT molecular complexity index is 743. The molecule has 0 heterocycles. The van der Waals surface area contributed by atoms with Gasteiger partial charge in [-0.3, -0.25) is 5.43 Å². The van der Waals surface area contributed by atoms with Gasteiger partial charge in [-0.1, -0.05) is 17.7 Å². The number of benzene rings is 2. The van der Waals surface area contributed by atoms with Crippen molar-refractivity contribution in [3.05, 3.63) is 52.5 Å². The largest absolute Gasteiger partial charge is 0.497 e. The monoisotopic (exact) mass is 363 g/mol. The normalized spacial score (nSPS) is 10.5. The zero-order chi connectivity index (χ0) is 17.5. The van der Waals surface area contributed by atoms with Gasteiger partial charge in [-0.15, -0.1) is 0 Å². The number of thiocarbonyl (C=S) groups is 1. The van der Waals surface area contributed by atoms with E-state index >= 15 is 0 Å². The second-order valence-corrected chi connectivity index (χ2v) is 5.70. The van der Waals surface area contributed by atoms with Gasteiger partial charge in [-0.2, -0.15) is 5.10 Å². The third-order valence-corrected chi connectivity index (χ3v) is 3.87. The molecule has 7 heteroatoms. The molecule has 0 saturated carbocycles. The molecular weight excluding hydrogens is 346 g/mol. The standard InChI is InChI=1S/C17H18ClN3O2S/c1-11-15(18)5-4-6-16(11)20-17(24)21-19-10-12-7-13(22-2)9-14(8-12)23-3/h4-10H,1-3H3,(H2,20,21,24)/b19-10-. The molecule has 0 atom stereocenters. The number of ether oxygens (including phenoxy) is 2. The minimum Gasteiger partial charge on any atom is -0.497 e. The van der Waals surface area contributed by atoms with Gasteiger partial charge in [-0.25, -0.2) is 0 Å². The van der Waals surface area contributed by atoms with Crippen molar-refractivity contribution in [2.24, 2.45) is 5.10 Å². The summed E-state index contributed by atoms with van der Waals surface area (Å²) >= 11 is 11.3. The van der Waals surface area contributed by atoms with E-state index in [0.717, 1.165) is 16.8 Å². The SMILES string of the molecule is COc1cc(/C=N\NC(=S)Nc2cccc(Cl)c2C)cc(OC)c1. The lowest BCUT2D eigenvalue weighted by atomic mass is 10.2. The fraction of sp³-hybridized carbons (Fsp3) is 0.176. The first-order valence-electron chi connectivity index (χ1n) is 7.11. The number of nitrogens with one attached hydrogen (secondary N) is 2. The van der Waals surface area contributed by atoms with Crippen LogP contribution in [0.15, 0.2) is 41.5 Å². The van der Waals surface area contributed by atoms with Gasteiger partial charge < -0.3 is 14.8 Å². The Hall–Kier alpha value is -2.31. The van der Waals surface area contributed by atoms with E-state index in [1.807, 2.05) is 37.3 Å². The van der Waals surface area contributed by atoms with E-state index in [0.29, 0.717) is 21.6 Å². The maximum Gasteiger partial charge on any atom is 0.191 e. The highest BCUT2D eigenvalue weighted by Crippen LogP contribution is 2.23. The molecule has 2 N–H and O–H groups in total. The minimum atomic E-state index is 0.367. The highest BCUT2D eigenvalue weighted by Gasteiger charge is 2.03. The van der Waals surface area contributed by atoms with E-state index in [4.69, 9.17) is 33.3 Å². The summed E-state index contributed by atoms with van der Waals surface area (Å²) in [5.74, 6) is 1.37. The lowest BCUT2D eigenvalue weighted by Crippen LogP contribution is -2.24. The molecule has 24 heavy (non-hydrogen) atoms. The van der Waals surface area contributed by atoms with Crippen LogP contribution in [0.25, 0.3) is 0 Å². The number of halogens is 1. The second kappa shape index (κ2) is 8.52. The average Bonchev–Trinajstić information content (AvgIpc) is 2.58. The van der Waals surface area contributed by atoms with Gasteiger partial charge in [0.15, 0.2) is 5.11 Å².